The molecule has 6 heteroatoms. The summed E-state index contributed by atoms with van der Waals surface area (Å²) in [6.07, 6.45) is 3.60. The van der Waals surface area contributed by atoms with E-state index in [1.54, 1.807) is 24.4 Å². The van der Waals surface area contributed by atoms with E-state index < -0.39 is 0 Å². The summed E-state index contributed by atoms with van der Waals surface area (Å²) in [5.41, 5.74) is 7.83. The van der Waals surface area contributed by atoms with Crippen LogP contribution in [0.3, 0.4) is 0 Å². The van der Waals surface area contributed by atoms with Gasteiger partial charge < -0.3 is 10.3 Å². The van der Waals surface area contributed by atoms with E-state index in [0.29, 0.717) is 29.4 Å². The number of nitrogens with zero attached hydrogens (tertiary/aromatic N) is 3. The third kappa shape index (κ3) is 2.49. The molecule has 0 fully saturated rings. The number of halogens is 1. The van der Waals surface area contributed by atoms with Gasteiger partial charge in [-0.1, -0.05) is 17.3 Å². The Morgan fingerprint density at radius 1 is 1.15 bits per heavy atom. The molecular weight excluding hydrogens is 259 g/mol. The Morgan fingerprint density at radius 2 is 1.95 bits per heavy atom. The van der Waals surface area contributed by atoms with Gasteiger partial charge >= 0.3 is 0 Å². The van der Waals surface area contributed by atoms with Crippen LogP contribution in [0.2, 0.25) is 0 Å². The molecule has 5 nitrogen and oxygen atoms in total. The van der Waals surface area contributed by atoms with E-state index in [1.165, 1.54) is 18.3 Å². The number of hydrogen-bond acceptors (Lipinski definition) is 5. The highest BCUT2D eigenvalue weighted by Gasteiger charge is 2.11. The summed E-state index contributed by atoms with van der Waals surface area (Å²) in [5, 5.41) is 3.90. The molecule has 2 N–H and O–H groups in total. The maximum atomic E-state index is 12.8. The van der Waals surface area contributed by atoms with Crippen LogP contribution >= 0.6 is 0 Å². The standard InChI is InChI=1S/C14H11FN4O/c15-10-3-1-9(2-4-10)7-13-18-14(20-19-13)11-5-6-17-8-12(11)16/h1-6,8H,7,16H2. The first-order valence-electron chi connectivity index (χ1n) is 5.99. The maximum absolute atomic E-state index is 12.8. The molecule has 0 saturated carbocycles. The fraction of sp³-hybridized carbons (Fsp3) is 0.0714. The van der Waals surface area contributed by atoms with Crippen LogP contribution in [0.1, 0.15) is 11.4 Å². The number of anilines is 1. The number of hydrogen-bond donors (Lipinski definition) is 1. The van der Waals surface area contributed by atoms with Gasteiger partial charge in [-0.3, -0.25) is 4.98 Å². The molecule has 3 rings (SSSR count). The molecule has 100 valence electrons. The lowest BCUT2D eigenvalue weighted by atomic mass is 10.1. The van der Waals surface area contributed by atoms with Crippen LogP contribution in [-0.4, -0.2) is 15.1 Å². The molecule has 0 amide bonds. The van der Waals surface area contributed by atoms with Gasteiger partial charge in [0.15, 0.2) is 5.82 Å². The lowest BCUT2D eigenvalue weighted by molar-refractivity contribution is 0.424. The Hall–Kier alpha value is -2.76. The zero-order valence-corrected chi connectivity index (χ0v) is 10.5. The van der Waals surface area contributed by atoms with Gasteiger partial charge in [0.25, 0.3) is 5.89 Å². The van der Waals surface area contributed by atoms with Crippen LogP contribution in [0, 0.1) is 5.82 Å². The van der Waals surface area contributed by atoms with Crippen molar-refractivity contribution in [1.29, 1.82) is 0 Å². The molecule has 0 bridgehead atoms. The first kappa shape index (κ1) is 12.3. The van der Waals surface area contributed by atoms with Gasteiger partial charge in [0.05, 0.1) is 17.4 Å². The Balaban J connectivity index is 1.84. The molecule has 0 spiro atoms. The molecule has 0 aliphatic carbocycles. The average molecular weight is 270 g/mol. The van der Waals surface area contributed by atoms with Crippen molar-refractivity contribution in [1.82, 2.24) is 15.1 Å². The predicted octanol–water partition coefficient (Wildman–Crippen LogP) is 2.44. The molecule has 0 saturated heterocycles. The Labute approximate surface area is 114 Å². The third-order valence-electron chi connectivity index (χ3n) is 2.83. The zero-order chi connectivity index (χ0) is 13.9. The smallest absolute Gasteiger partial charge is 0.260 e. The van der Waals surface area contributed by atoms with Crippen LogP contribution in [0.5, 0.6) is 0 Å². The quantitative estimate of drug-likeness (QED) is 0.790. The van der Waals surface area contributed by atoms with Crippen molar-refractivity contribution < 1.29 is 8.91 Å². The molecule has 0 unspecified atom stereocenters. The van der Waals surface area contributed by atoms with Crippen LogP contribution in [0.4, 0.5) is 10.1 Å². The van der Waals surface area contributed by atoms with Crippen molar-refractivity contribution >= 4 is 5.69 Å². The van der Waals surface area contributed by atoms with E-state index in [-0.39, 0.29) is 5.82 Å². The molecule has 0 radical (unpaired) electrons. The van der Waals surface area contributed by atoms with E-state index in [1.807, 2.05) is 0 Å². The van der Waals surface area contributed by atoms with Gasteiger partial charge in [0.1, 0.15) is 5.82 Å². The van der Waals surface area contributed by atoms with Gasteiger partial charge in [-0.05, 0) is 23.8 Å². The van der Waals surface area contributed by atoms with Crippen LogP contribution in [0.15, 0.2) is 47.2 Å². The van der Waals surface area contributed by atoms with Gasteiger partial charge in [0, 0.05) is 12.6 Å². The second-order valence-electron chi connectivity index (χ2n) is 4.28. The number of nitrogens with two attached hydrogens (primary N) is 1. The summed E-state index contributed by atoms with van der Waals surface area (Å²) in [4.78, 5) is 8.18. The predicted molar refractivity (Wildman–Crippen MR) is 71.1 cm³/mol. The molecule has 2 heterocycles. The van der Waals surface area contributed by atoms with Gasteiger partial charge in [-0.15, -0.1) is 0 Å². The minimum atomic E-state index is -0.271. The first-order valence-corrected chi connectivity index (χ1v) is 5.99. The monoisotopic (exact) mass is 270 g/mol. The number of rotatable bonds is 3. The average Bonchev–Trinajstić information content (AvgIpc) is 2.90. The lowest BCUT2D eigenvalue weighted by Crippen LogP contribution is -1.93. The van der Waals surface area contributed by atoms with Crippen LogP contribution < -0.4 is 5.73 Å². The zero-order valence-electron chi connectivity index (χ0n) is 10.5. The summed E-state index contributed by atoms with van der Waals surface area (Å²) >= 11 is 0. The molecule has 3 aromatic rings. The Morgan fingerprint density at radius 3 is 2.70 bits per heavy atom. The first-order chi connectivity index (χ1) is 9.72. The summed E-state index contributed by atoms with van der Waals surface area (Å²) in [6, 6.07) is 7.89. The Kier molecular flexibility index (Phi) is 3.12. The summed E-state index contributed by atoms with van der Waals surface area (Å²) in [7, 11) is 0. The summed E-state index contributed by atoms with van der Waals surface area (Å²) in [5.74, 6) is 0.594. The maximum Gasteiger partial charge on any atom is 0.260 e. The molecule has 1 aromatic carbocycles. The largest absolute Gasteiger partial charge is 0.397 e. The molecule has 0 aliphatic heterocycles. The molecule has 2 aromatic heterocycles. The van der Waals surface area contributed by atoms with Crippen molar-refractivity contribution in [2.24, 2.45) is 0 Å². The highest BCUT2D eigenvalue weighted by atomic mass is 19.1. The van der Waals surface area contributed by atoms with Crippen LogP contribution in [-0.2, 0) is 6.42 Å². The van der Waals surface area contributed by atoms with Crippen molar-refractivity contribution in [3.8, 4) is 11.5 Å². The third-order valence-corrected chi connectivity index (χ3v) is 2.83. The Bertz CT molecular complexity index is 724. The van der Waals surface area contributed by atoms with E-state index >= 15 is 0 Å². The fourth-order valence-electron chi connectivity index (χ4n) is 1.82. The normalized spacial score (nSPS) is 10.7. The van der Waals surface area contributed by atoms with Crippen molar-refractivity contribution in [2.75, 3.05) is 5.73 Å². The van der Waals surface area contributed by atoms with Crippen molar-refractivity contribution in [3.63, 3.8) is 0 Å². The molecular formula is C14H11FN4O. The number of benzene rings is 1. The van der Waals surface area contributed by atoms with Crippen LogP contribution in [0.25, 0.3) is 11.5 Å². The fourth-order valence-corrected chi connectivity index (χ4v) is 1.82. The summed E-state index contributed by atoms with van der Waals surface area (Å²) < 4.78 is 18.0. The minimum absolute atomic E-state index is 0.271. The van der Waals surface area contributed by atoms with Crippen molar-refractivity contribution in [2.45, 2.75) is 6.42 Å². The topological polar surface area (TPSA) is 77.8 Å². The molecule has 0 atom stereocenters. The van der Waals surface area contributed by atoms with E-state index in [0.717, 1.165) is 5.56 Å². The number of nitrogen functional groups attached to an aromatic ring is 1. The number of aromatic nitrogens is 3. The SMILES string of the molecule is Nc1cnccc1-c1nc(Cc2ccc(F)cc2)no1. The van der Waals surface area contributed by atoms with Gasteiger partial charge in [-0.25, -0.2) is 4.39 Å². The van der Waals surface area contributed by atoms with E-state index in [4.69, 9.17) is 10.3 Å². The molecule has 0 aliphatic rings. The highest BCUT2D eigenvalue weighted by Crippen LogP contribution is 2.23. The minimum Gasteiger partial charge on any atom is -0.397 e. The second kappa shape index (κ2) is 5.08. The lowest BCUT2D eigenvalue weighted by Gasteiger charge is -1.97. The highest BCUT2D eigenvalue weighted by molar-refractivity contribution is 5.68. The number of pyridine rings is 1. The van der Waals surface area contributed by atoms with Crippen molar-refractivity contribution in [3.05, 3.63) is 59.9 Å². The van der Waals surface area contributed by atoms with Gasteiger partial charge in [0.2, 0.25) is 0 Å². The summed E-state index contributed by atoms with van der Waals surface area (Å²) in [6.45, 7) is 0. The molecule has 20 heavy (non-hydrogen) atoms. The van der Waals surface area contributed by atoms with E-state index in [9.17, 15) is 4.39 Å². The van der Waals surface area contributed by atoms with Gasteiger partial charge in [-0.2, -0.15) is 4.98 Å². The van der Waals surface area contributed by atoms with E-state index in [2.05, 4.69) is 15.1 Å². The second-order valence-corrected chi connectivity index (χ2v) is 4.28.